The van der Waals surface area contributed by atoms with E-state index in [9.17, 15) is 0 Å². The molecule has 0 aliphatic rings. The van der Waals surface area contributed by atoms with Gasteiger partial charge in [0.05, 0.1) is 13.2 Å². The van der Waals surface area contributed by atoms with E-state index in [4.69, 9.17) is 10.5 Å². The van der Waals surface area contributed by atoms with Crippen molar-refractivity contribution >= 4 is 0 Å². The van der Waals surface area contributed by atoms with Crippen molar-refractivity contribution in [3.8, 4) is 17.6 Å². The molecular formula is C12H15NO. The zero-order valence-corrected chi connectivity index (χ0v) is 8.63. The van der Waals surface area contributed by atoms with Crippen LogP contribution in [0.3, 0.4) is 0 Å². The first-order valence-corrected chi connectivity index (χ1v) is 4.70. The van der Waals surface area contributed by atoms with Gasteiger partial charge in [-0.25, -0.2) is 0 Å². The van der Waals surface area contributed by atoms with Crippen molar-refractivity contribution in [1.29, 1.82) is 0 Å². The van der Waals surface area contributed by atoms with Gasteiger partial charge < -0.3 is 10.5 Å². The molecule has 0 fully saturated rings. The molecule has 1 rings (SSSR count). The maximum absolute atomic E-state index is 5.37. The summed E-state index contributed by atoms with van der Waals surface area (Å²) in [6, 6.07) is 5.88. The summed E-state index contributed by atoms with van der Waals surface area (Å²) >= 11 is 0. The van der Waals surface area contributed by atoms with Crippen LogP contribution in [0.5, 0.6) is 5.75 Å². The van der Waals surface area contributed by atoms with Gasteiger partial charge in [-0.2, -0.15) is 0 Å². The third-order valence-electron chi connectivity index (χ3n) is 1.83. The quantitative estimate of drug-likeness (QED) is 0.719. The molecule has 0 amide bonds. The molecule has 2 heteroatoms. The van der Waals surface area contributed by atoms with Crippen molar-refractivity contribution < 1.29 is 4.74 Å². The monoisotopic (exact) mass is 189 g/mol. The smallest absolute Gasteiger partial charge is 0.119 e. The SMILES string of the molecule is CCOc1ccc(C#CCN)c(C)c1. The summed E-state index contributed by atoms with van der Waals surface area (Å²) in [5.74, 6) is 6.74. The van der Waals surface area contributed by atoms with Gasteiger partial charge >= 0.3 is 0 Å². The number of ether oxygens (including phenoxy) is 1. The summed E-state index contributed by atoms with van der Waals surface area (Å²) in [4.78, 5) is 0. The summed E-state index contributed by atoms with van der Waals surface area (Å²) in [7, 11) is 0. The first kappa shape index (κ1) is 10.6. The van der Waals surface area contributed by atoms with Crippen molar-refractivity contribution in [2.75, 3.05) is 13.2 Å². The molecule has 0 aliphatic carbocycles. The highest BCUT2D eigenvalue weighted by molar-refractivity contribution is 5.44. The zero-order valence-electron chi connectivity index (χ0n) is 8.63. The minimum atomic E-state index is 0.395. The van der Waals surface area contributed by atoms with Gasteiger partial charge in [-0.15, -0.1) is 0 Å². The molecule has 0 saturated heterocycles. The number of hydrogen-bond acceptors (Lipinski definition) is 2. The van der Waals surface area contributed by atoms with Crippen LogP contribution in [0.1, 0.15) is 18.1 Å². The van der Waals surface area contributed by atoms with Crippen molar-refractivity contribution in [3.05, 3.63) is 29.3 Å². The Bertz CT molecular complexity index is 360. The number of hydrogen-bond donors (Lipinski definition) is 1. The first-order chi connectivity index (χ1) is 6.77. The van der Waals surface area contributed by atoms with Gasteiger partial charge in [-0.1, -0.05) is 11.8 Å². The number of benzene rings is 1. The Morgan fingerprint density at radius 1 is 1.43 bits per heavy atom. The Labute approximate surface area is 85.1 Å². The molecule has 0 spiro atoms. The molecule has 1 aromatic rings. The fourth-order valence-corrected chi connectivity index (χ4v) is 1.18. The molecule has 1 aromatic carbocycles. The standard InChI is InChI=1S/C12H15NO/c1-3-14-12-7-6-11(5-4-8-13)10(2)9-12/h6-7,9H,3,8,13H2,1-2H3. The lowest BCUT2D eigenvalue weighted by Crippen LogP contribution is -1.94. The minimum absolute atomic E-state index is 0.395. The number of nitrogens with two attached hydrogens (primary N) is 1. The largest absolute Gasteiger partial charge is 0.494 e. The van der Waals surface area contributed by atoms with Gasteiger partial charge in [0.1, 0.15) is 5.75 Å². The van der Waals surface area contributed by atoms with Gasteiger partial charge in [0, 0.05) is 5.56 Å². The third kappa shape index (κ3) is 2.79. The van der Waals surface area contributed by atoms with Crippen LogP contribution < -0.4 is 10.5 Å². The summed E-state index contributed by atoms with van der Waals surface area (Å²) in [6.07, 6.45) is 0. The minimum Gasteiger partial charge on any atom is -0.494 e. The predicted octanol–water partition coefficient (Wildman–Crippen LogP) is 1.70. The number of rotatable bonds is 2. The van der Waals surface area contributed by atoms with E-state index >= 15 is 0 Å². The molecular weight excluding hydrogens is 174 g/mol. The molecule has 74 valence electrons. The second kappa shape index (κ2) is 5.31. The van der Waals surface area contributed by atoms with Crippen LogP contribution in [0.4, 0.5) is 0 Å². The van der Waals surface area contributed by atoms with E-state index in [1.165, 1.54) is 0 Å². The van der Waals surface area contributed by atoms with E-state index in [-0.39, 0.29) is 0 Å². The zero-order chi connectivity index (χ0) is 10.4. The fraction of sp³-hybridized carbons (Fsp3) is 0.333. The number of aryl methyl sites for hydroxylation is 1. The van der Waals surface area contributed by atoms with E-state index in [0.717, 1.165) is 16.9 Å². The molecule has 0 atom stereocenters. The predicted molar refractivity (Wildman–Crippen MR) is 58.3 cm³/mol. The highest BCUT2D eigenvalue weighted by Crippen LogP contribution is 2.16. The summed E-state index contributed by atoms with van der Waals surface area (Å²) in [5, 5.41) is 0. The van der Waals surface area contributed by atoms with Gasteiger partial charge in [-0.3, -0.25) is 0 Å². The maximum atomic E-state index is 5.37. The Kier molecular flexibility index (Phi) is 4.03. The van der Waals surface area contributed by atoms with E-state index in [1.54, 1.807) is 0 Å². The lowest BCUT2D eigenvalue weighted by Gasteiger charge is -2.04. The average Bonchev–Trinajstić information content (AvgIpc) is 2.17. The second-order valence-electron chi connectivity index (χ2n) is 2.92. The van der Waals surface area contributed by atoms with Crippen LogP contribution in [-0.2, 0) is 0 Å². The van der Waals surface area contributed by atoms with Crippen LogP contribution in [0.15, 0.2) is 18.2 Å². The Balaban J connectivity index is 2.89. The molecule has 0 radical (unpaired) electrons. The third-order valence-corrected chi connectivity index (χ3v) is 1.83. The molecule has 0 bridgehead atoms. The Hall–Kier alpha value is -1.46. The molecule has 14 heavy (non-hydrogen) atoms. The van der Waals surface area contributed by atoms with Gasteiger partial charge in [0.2, 0.25) is 0 Å². The van der Waals surface area contributed by atoms with E-state index in [0.29, 0.717) is 13.2 Å². The van der Waals surface area contributed by atoms with E-state index in [1.807, 2.05) is 32.0 Å². The van der Waals surface area contributed by atoms with Crippen molar-refractivity contribution in [2.24, 2.45) is 5.73 Å². The average molecular weight is 189 g/mol. The van der Waals surface area contributed by atoms with Crippen molar-refractivity contribution in [1.82, 2.24) is 0 Å². The molecule has 0 aromatic heterocycles. The van der Waals surface area contributed by atoms with Crippen LogP contribution >= 0.6 is 0 Å². The molecule has 0 heterocycles. The highest BCUT2D eigenvalue weighted by Gasteiger charge is 1.97. The fourth-order valence-electron chi connectivity index (χ4n) is 1.18. The van der Waals surface area contributed by atoms with Crippen LogP contribution in [-0.4, -0.2) is 13.2 Å². The van der Waals surface area contributed by atoms with E-state index < -0.39 is 0 Å². The molecule has 0 aliphatic heterocycles. The lowest BCUT2D eigenvalue weighted by atomic mass is 10.1. The molecule has 2 nitrogen and oxygen atoms in total. The highest BCUT2D eigenvalue weighted by atomic mass is 16.5. The summed E-state index contributed by atoms with van der Waals surface area (Å²) < 4.78 is 5.37. The summed E-state index contributed by atoms with van der Waals surface area (Å²) in [6.45, 7) is 5.07. The van der Waals surface area contributed by atoms with Crippen molar-refractivity contribution in [3.63, 3.8) is 0 Å². The van der Waals surface area contributed by atoms with Crippen LogP contribution in [0.25, 0.3) is 0 Å². The molecule has 2 N–H and O–H groups in total. The summed E-state index contributed by atoms with van der Waals surface area (Å²) in [5.41, 5.74) is 7.44. The Morgan fingerprint density at radius 2 is 2.21 bits per heavy atom. The van der Waals surface area contributed by atoms with Crippen molar-refractivity contribution in [2.45, 2.75) is 13.8 Å². The van der Waals surface area contributed by atoms with E-state index in [2.05, 4.69) is 11.8 Å². The molecule has 0 saturated carbocycles. The van der Waals surface area contributed by atoms with Crippen LogP contribution in [0, 0.1) is 18.8 Å². The van der Waals surface area contributed by atoms with Gasteiger partial charge in [0.25, 0.3) is 0 Å². The lowest BCUT2D eigenvalue weighted by molar-refractivity contribution is 0.340. The first-order valence-electron chi connectivity index (χ1n) is 4.70. The van der Waals surface area contributed by atoms with Gasteiger partial charge in [0.15, 0.2) is 0 Å². The Morgan fingerprint density at radius 3 is 2.79 bits per heavy atom. The van der Waals surface area contributed by atoms with Crippen LogP contribution in [0.2, 0.25) is 0 Å². The molecule has 0 unspecified atom stereocenters. The normalized spacial score (nSPS) is 9.07. The topological polar surface area (TPSA) is 35.2 Å². The maximum Gasteiger partial charge on any atom is 0.119 e. The van der Waals surface area contributed by atoms with Gasteiger partial charge in [-0.05, 0) is 37.6 Å². The second-order valence-corrected chi connectivity index (χ2v) is 2.92.